The van der Waals surface area contributed by atoms with E-state index in [-0.39, 0.29) is 6.04 Å². The zero-order valence-electron chi connectivity index (χ0n) is 14.6. The Morgan fingerprint density at radius 1 is 1.04 bits per heavy atom. The molecule has 1 aliphatic heterocycles. The number of hydrogen-bond donors (Lipinski definition) is 1. The smallest absolute Gasteiger partial charge is 0.161 e. The Morgan fingerprint density at radius 3 is 2.42 bits per heavy atom. The molecule has 0 bridgehead atoms. The summed E-state index contributed by atoms with van der Waals surface area (Å²) in [6.07, 6.45) is 1.94. The van der Waals surface area contributed by atoms with E-state index < -0.39 is 0 Å². The molecule has 0 radical (unpaired) electrons. The topological polar surface area (TPSA) is 46.6 Å². The second-order valence-electron chi connectivity index (χ2n) is 6.06. The van der Waals surface area contributed by atoms with E-state index in [4.69, 9.17) is 14.5 Å². The molecule has 2 heterocycles. The van der Waals surface area contributed by atoms with Crippen molar-refractivity contribution in [1.29, 1.82) is 0 Å². The number of piperazine rings is 1. The Morgan fingerprint density at radius 2 is 1.79 bits per heavy atom. The van der Waals surface area contributed by atoms with Crippen LogP contribution in [0.3, 0.4) is 0 Å². The summed E-state index contributed by atoms with van der Waals surface area (Å²) in [6, 6.07) is 10.5. The lowest BCUT2D eigenvalue weighted by molar-refractivity contribution is 0.195. The van der Waals surface area contributed by atoms with Crippen LogP contribution in [0.15, 0.2) is 36.5 Å². The molecule has 3 rings (SSSR count). The van der Waals surface area contributed by atoms with Crippen molar-refractivity contribution in [2.24, 2.45) is 0 Å². The van der Waals surface area contributed by atoms with Gasteiger partial charge in [0.05, 0.1) is 26.0 Å². The second-order valence-corrected chi connectivity index (χ2v) is 6.06. The minimum absolute atomic E-state index is 0.118. The van der Waals surface area contributed by atoms with E-state index in [0.29, 0.717) is 0 Å². The van der Waals surface area contributed by atoms with Crippen LogP contribution in [-0.2, 0) is 0 Å². The minimum atomic E-state index is 0.118. The predicted molar refractivity (Wildman–Crippen MR) is 94.8 cm³/mol. The fraction of sp³-hybridized carbons (Fsp3) is 0.421. The van der Waals surface area contributed by atoms with Gasteiger partial charge in [-0.3, -0.25) is 9.88 Å². The van der Waals surface area contributed by atoms with Gasteiger partial charge in [0.15, 0.2) is 11.5 Å². The van der Waals surface area contributed by atoms with E-state index >= 15 is 0 Å². The molecule has 128 valence electrons. The molecule has 1 unspecified atom stereocenters. The summed E-state index contributed by atoms with van der Waals surface area (Å²) >= 11 is 0. The lowest BCUT2D eigenvalue weighted by atomic mass is 9.99. The largest absolute Gasteiger partial charge is 0.493 e. The molecule has 1 atom stereocenters. The van der Waals surface area contributed by atoms with Gasteiger partial charge in [-0.25, -0.2) is 0 Å². The normalized spacial score (nSPS) is 16.6. The van der Waals surface area contributed by atoms with Crippen LogP contribution < -0.4 is 14.8 Å². The maximum atomic E-state index is 5.49. The Balaban J connectivity index is 2.01. The number of nitrogens with one attached hydrogen (secondary N) is 1. The molecule has 0 aliphatic carbocycles. The molecule has 1 N–H and O–H groups in total. The number of aryl methyl sites for hydroxylation is 1. The number of ether oxygens (including phenoxy) is 2. The van der Waals surface area contributed by atoms with Gasteiger partial charge in [-0.15, -0.1) is 0 Å². The van der Waals surface area contributed by atoms with Crippen LogP contribution in [0.1, 0.15) is 22.9 Å². The molecule has 1 aromatic heterocycles. The van der Waals surface area contributed by atoms with E-state index in [2.05, 4.69) is 41.4 Å². The SMILES string of the molecule is COc1ccc(C(c2ccc(C)cn2)N2CCNCC2)cc1OC. The average Bonchev–Trinajstić information content (AvgIpc) is 2.64. The summed E-state index contributed by atoms with van der Waals surface area (Å²) in [6.45, 7) is 6.04. The van der Waals surface area contributed by atoms with Crippen molar-refractivity contribution < 1.29 is 9.47 Å². The molecular formula is C19H25N3O2. The second kappa shape index (κ2) is 7.64. The summed E-state index contributed by atoms with van der Waals surface area (Å²) in [7, 11) is 3.33. The monoisotopic (exact) mass is 327 g/mol. The molecule has 1 saturated heterocycles. The Kier molecular flexibility index (Phi) is 5.33. The molecule has 5 nitrogen and oxygen atoms in total. The van der Waals surface area contributed by atoms with Crippen molar-refractivity contribution in [3.8, 4) is 11.5 Å². The van der Waals surface area contributed by atoms with E-state index in [9.17, 15) is 0 Å². The summed E-state index contributed by atoms with van der Waals surface area (Å²) in [4.78, 5) is 7.16. The van der Waals surface area contributed by atoms with E-state index in [0.717, 1.165) is 43.4 Å². The Bertz CT molecular complexity index is 667. The highest BCUT2D eigenvalue weighted by Gasteiger charge is 2.25. The third-order valence-electron chi connectivity index (χ3n) is 4.45. The number of aromatic nitrogens is 1. The lowest BCUT2D eigenvalue weighted by Gasteiger charge is -2.35. The first-order valence-corrected chi connectivity index (χ1v) is 8.32. The molecule has 5 heteroatoms. The predicted octanol–water partition coefficient (Wildman–Crippen LogP) is 2.40. The molecule has 0 amide bonds. The maximum Gasteiger partial charge on any atom is 0.161 e. The molecule has 1 aliphatic rings. The van der Waals surface area contributed by atoms with Gasteiger partial charge in [-0.05, 0) is 36.2 Å². The molecule has 1 fully saturated rings. The zero-order chi connectivity index (χ0) is 16.9. The number of hydrogen-bond acceptors (Lipinski definition) is 5. The van der Waals surface area contributed by atoms with Crippen LogP contribution in [0.4, 0.5) is 0 Å². The van der Waals surface area contributed by atoms with Gasteiger partial charge in [0.1, 0.15) is 0 Å². The molecule has 24 heavy (non-hydrogen) atoms. The summed E-state index contributed by atoms with van der Waals surface area (Å²) < 4.78 is 10.9. The van der Waals surface area contributed by atoms with Crippen LogP contribution in [0.5, 0.6) is 11.5 Å². The van der Waals surface area contributed by atoms with Gasteiger partial charge in [-0.2, -0.15) is 0 Å². The number of nitrogens with zero attached hydrogens (tertiary/aromatic N) is 2. The first kappa shape index (κ1) is 16.7. The third kappa shape index (κ3) is 3.52. The number of pyridine rings is 1. The molecule has 2 aromatic rings. The van der Waals surface area contributed by atoms with Gasteiger partial charge in [-0.1, -0.05) is 12.1 Å². The summed E-state index contributed by atoms with van der Waals surface area (Å²) in [5.74, 6) is 1.50. The van der Waals surface area contributed by atoms with Crippen molar-refractivity contribution in [2.75, 3.05) is 40.4 Å². The van der Waals surface area contributed by atoms with Crippen LogP contribution in [0.2, 0.25) is 0 Å². The standard InChI is InChI=1S/C19H25N3O2/c1-14-4-6-16(21-13-14)19(22-10-8-20-9-11-22)15-5-7-17(23-2)18(12-15)24-3/h4-7,12-13,19-20H,8-11H2,1-3H3. The van der Waals surface area contributed by atoms with Crippen LogP contribution in [0.25, 0.3) is 0 Å². The fourth-order valence-electron chi connectivity index (χ4n) is 3.17. The lowest BCUT2D eigenvalue weighted by Crippen LogP contribution is -2.45. The zero-order valence-corrected chi connectivity index (χ0v) is 14.6. The van der Waals surface area contributed by atoms with Gasteiger partial charge >= 0.3 is 0 Å². The molecular weight excluding hydrogens is 302 g/mol. The van der Waals surface area contributed by atoms with Crippen LogP contribution in [-0.4, -0.2) is 50.3 Å². The van der Waals surface area contributed by atoms with Gasteiger partial charge in [0.25, 0.3) is 0 Å². The van der Waals surface area contributed by atoms with Crippen molar-refractivity contribution in [1.82, 2.24) is 15.2 Å². The summed E-state index contributed by atoms with van der Waals surface area (Å²) in [5, 5.41) is 3.42. The van der Waals surface area contributed by atoms with E-state index in [1.54, 1.807) is 14.2 Å². The van der Waals surface area contributed by atoms with Gasteiger partial charge < -0.3 is 14.8 Å². The fourth-order valence-corrected chi connectivity index (χ4v) is 3.17. The van der Waals surface area contributed by atoms with Crippen LogP contribution in [0, 0.1) is 6.92 Å². The number of benzene rings is 1. The number of rotatable bonds is 5. The minimum Gasteiger partial charge on any atom is -0.493 e. The quantitative estimate of drug-likeness (QED) is 0.914. The van der Waals surface area contributed by atoms with Crippen molar-refractivity contribution >= 4 is 0 Å². The Labute approximate surface area is 143 Å². The van der Waals surface area contributed by atoms with E-state index in [1.165, 1.54) is 11.1 Å². The van der Waals surface area contributed by atoms with Gasteiger partial charge in [0, 0.05) is 32.4 Å². The van der Waals surface area contributed by atoms with Crippen molar-refractivity contribution in [2.45, 2.75) is 13.0 Å². The maximum absolute atomic E-state index is 5.49. The highest BCUT2D eigenvalue weighted by Crippen LogP contribution is 2.34. The first-order valence-electron chi connectivity index (χ1n) is 8.32. The van der Waals surface area contributed by atoms with Gasteiger partial charge in [0.2, 0.25) is 0 Å². The van der Waals surface area contributed by atoms with Crippen molar-refractivity contribution in [3.63, 3.8) is 0 Å². The van der Waals surface area contributed by atoms with Crippen LogP contribution >= 0.6 is 0 Å². The number of methoxy groups -OCH3 is 2. The molecule has 0 spiro atoms. The van der Waals surface area contributed by atoms with Crippen molar-refractivity contribution in [3.05, 3.63) is 53.3 Å². The highest BCUT2D eigenvalue weighted by atomic mass is 16.5. The highest BCUT2D eigenvalue weighted by molar-refractivity contribution is 5.45. The third-order valence-corrected chi connectivity index (χ3v) is 4.45. The Hall–Kier alpha value is -2.11. The summed E-state index contributed by atoms with van der Waals surface area (Å²) in [5.41, 5.74) is 3.41. The molecule has 0 saturated carbocycles. The van der Waals surface area contributed by atoms with E-state index in [1.807, 2.05) is 12.3 Å². The average molecular weight is 327 g/mol. The molecule has 1 aromatic carbocycles. The first-order chi connectivity index (χ1) is 11.7.